The molecule has 0 radical (unpaired) electrons. The molecule has 1 N–H and O–H groups in total. The van der Waals surface area contributed by atoms with Crippen LogP contribution in [0.1, 0.15) is 15.9 Å². The number of ether oxygens (including phenoxy) is 1. The molecule has 0 aliphatic rings. The molecule has 0 aliphatic carbocycles. The van der Waals surface area contributed by atoms with E-state index in [0.29, 0.717) is 6.07 Å². The number of benzene rings is 1. The van der Waals surface area contributed by atoms with Crippen LogP contribution in [-0.2, 0) is 6.18 Å². The molecule has 0 aliphatic heterocycles. The molecule has 1 aromatic carbocycles. The second kappa shape index (κ2) is 4.51. The molecule has 9 heteroatoms. The molecule has 0 saturated carbocycles. The van der Waals surface area contributed by atoms with Gasteiger partial charge in [0.15, 0.2) is 0 Å². The highest BCUT2D eigenvalue weighted by atomic mass is 19.4. The number of methoxy groups -OCH3 is 1. The molecule has 98 valence electrons. The number of aromatic carboxylic acids is 1. The Hall–Kier alpha value is -2.32. The predicted octanol–water partition coefficient (Wildman–Crippen LogP) is 2.32. The minimum absolute atomic E-state index is 0.286. The lowest BCUT2D eigenvalue weighted by Crippen LogP contribution is -2.11. The molecule has 1 rings (SSSR count). The fourth-order valence-corrected chi connectivity index (χ4v) is 1.30. The molecule has 0 heterocycles. The first-order valence-corrected chi connectivity index (χ1v) is 4.35. The zero-order chi connectivity index (χ0) is 14.1. The van der Waals surface area contributed by atoms with Gasteiger partial charge in [-0.15, -0.1) is 0 Å². The first-order valence-electron chi connectivity index (χ1n) is 4.35. The van der Waals surface area contributed by atoms with E-state index in [4.69, 9.17) is 5.11 Å². The molecule has 6 nitrogen and oxygen atoms in total. The molecular weight excluding hydrogens is 259 g/mol. The summed E-state index contributed by atoms with van der Waals surface area (Å²) >= 11 is 0. The third kappa shape index (κ3) is 2.50. The van der Waals surface area contributed by atoms with Gasteiger partial charge < -0.3 is 9.84 Å². The Morgan fingerprint density at radius 1 is 1.44 bits per heavy atom. The number of hydrogen-bond donors (Lipinski definition) is 1. The van der Waals surface area contributed by atoms with Gasteiger partial charge in [0, 0.05) is 6.07 Å². The molecule has 0 spiro atoms. The van der Waals surface area contributed by atoms with Gasteiger partial charge in [0.1, 0.15) is 5.56 Å². The number of hydrogen-bond acceptors (Lipinski definition) is 4. The van der Waals surface area contributed by atoms with Crippen LogP contribution in [-0.4, -0.2) is 23.1 Å². The Balaban J connectivity index is 3.67. The second-order valence-electron chi connectivity index (χ2n) is 3.14. The van der Waals surface area contributed by atoms with Crippen molar-refractivity contribution in [3.63, 3.8) is 0 Å². The molecule has 0 unspecified atom stereocenters. The zero-order valence-electron chi connectivity index (χ0n) is 8.82. The molecule has 0 saturated heterocycles. The lowest BCUT2D eigenvalue weighted by Gasteiger charge is -2.12. The van der Waals surface area contributed by atoms with Crippen molar-refractivity contribution in [1.82, 2.24) is 0 Å². The van der Waals surface area contributed by atoms with Gasteiger partial charge in [-0.05, 0) is 6.07 Å². The van der Waals surface area contributed by atoms with E-state index >= 15 is 0 Å². The van der Waals surface area contributed by atoms with E-state index in [9.17, 15) is 28.1 Å². The van der Waals surface area contributed by atoms with Crippen molar-refractivity contribution in [1.29, 1.82) is 0 Å². The Bertz CT molecular complexity index is 512. The fourth-order valence-electron chi connectivity index (χ4n) is 1.30. The van der Waals surface area contributed by atoms with E-state index in [-0.39, 0.29) is 6.07 Å². The monoisotopic (exact) mass is 265 g/mol. The van der Waals surface area contributed by atoms with Gasteiger partial charge in [-0.2, -0.15) is 13.2 Å². The highest BCUT2D eigenvalue weighted by molar-refractivity contribution is 5.89. The number of halogens is 3. The van der Waals surface area contributed by atoms with Crippen LogP contribution in [0.5, 0.6) is 5.75 Å². The molecule has 0 aromatic heterocycles. The van der Waals surface area contributed by atoms with Crippen LogP contribution in [0.15, 0.2) is 12.1 Å². The average molecular weight is 265 g/mol. The summed E-state index contributed by atoms with van der Waals surface area (Å²) < 4.78 is 42.2. The van der Waals surface area contributed by atoms with Crippen LogP contribution >= 0.6 is 0 Å². The number of nitrogens with zero attached hydrogens (tertiary/aromatic N) is 1. The summed E-state index contributed by atoms with van der Waals surface area (Å²) in [5.74, 6) is -2.72. The Kier molecular flexibility index (Phi) is 3.44. The number of carboxylic acid groups (broad SMARTS) is 1. The third-order valence-corrected chi connectivity index (χ3v) is 2.02. The molecule has 0 atom stereocenters. The smallest absolute Gasteiger partial charge is 0.420 e. The standard InChI is InChI=1S/C9H6F3NO5/c1-18-7-5(9(10,11)12)2-4(8(14)15)3-6(7)13(16)17/h2-3H,1H3,(H,14,15). The van der Waals surface area contributed by atoms with E-state index < -0.39 is 39.6 Å². The fraction of sp³-hybridized carbons (Fsp3) is 0.222. The number of carboxylic acids is 1. The van der Waals surface area contributed by atoms with Crippen LogP contribution in [0.25, 0.3) is 0 Å². The maximum absolute atomic E-state index is 12.6. The largest absolute Gasteiger partial charge is 0.490 e. The average Bonchev–Trinajstić information content (AvgIpc) is 2.25. The number of rotatable bonds is 3. The van der Waals surface area contributed by atoms with Crippen LogP contribution in [0.3, 0.4) is 0 Å². The molecular formula is C9H6F3NO5. The van der Waals surface area contributed by atoms with Gasteiger partial charge in [-0.3, -0.25) is 10.1 Å². The van der Waals surface area contributed by atoms with E-state index in [1.54, 1.807) is 0 Å². The summed E-state index contributed by atoms with van der Waals surface area (Å²) in [5.41, 5.74) is -3.39. The van der Waals surface area contributed by atoms with Gasteiger partial charge in [0.25, 0.3) is 0 Å². The quantitative estimate of drug-likeness (QED) is 0.669. The summed E-state index contributed by atoms with van der Waals surface area (Å²) in [4.78, 5) is 20.1. The molecule has 0 amide bonds. The van der Waals surface area contributed by atoms with Crippen molar-refractivity contribution in [2.45, 2.75) is 6.18 Å². The second-order valence-corrected chi connectivity index (χ2v) is 3.14. The van der Waals surface area contributed by atoms with E-state index in [1.807, 2.05) is 0 Å². The number of nitro groups is 1. The Morgan fingerprint density at radius 2 is 2.00 bits per heavy atom. The summed E-state index contributed by atoms with van der Waals surface area (Å²) in [5, 5.41) is 19.2. The summed E-state index contributed by atoms with van der Waals surface area (Å²) in [6.07, 6.45) is -4.96. The van der Waals surface area contributed by atoms with Gasteiger partial charge >= 0.3 is 17.8 Å². The normalized spacial score (nSPS) is 11.1. The van der Waals surface area contributed by atoms with Gasteiger partial charge in [-0.1, -0.05) is 0 Å². The topological polar surface area (TPSA) is 89.7 Å². The lowest BCUT2D eigenvalue weighted by atomic mass is 10.1. The van der Waals surface area contributed by atoms with Crippen LogP contribution in [0, 0.1) is 10.1 Å². The first-order chi connectivity index (χ1) is 8.18. The lowest BCUT2D eigenvalue weighted by molar-refractivity contribution is -0.386. The van der Waals surface area contributed by atoms with Gasteiger partial charge in [-0.25, -0.2) is 4.79 Å². The molecule has 1 aromatic rings. The highest BCUT2D eigenvalue weighted by Gasteiger charge is 2.39. The van der Waals surface area contributed by atoms with Gasteiger partial charge in [0.2, 0.25) is 5.75 Å². The van der Waals surface area contributed by atoms with Crippen molar-refractivity contribution in [2.24, 2.45) is 0 Å². The number of carbonyl (C=O) groups is 1. The van der Waals surface area contributed by atoms with E-state index in [1.165, 1.54) is 0 Å². The van der Waals surface area contributed by atoms with E-state index in [2.05, 4.69) is 4.74 Å². The SMILES string of the molecule is COc1c([N+](=O)[O-])cc(C(=O)O)cc1C(F)(F)F. The summed E-state index contributed by atoms with van der Waals surface area (Å²) in [7, 11) is 0.831. The molecule has 0 fully saturated rings. The van der Waals surface area contributed by atoms with Gasteiger partial charge in [0.05, 0.1) is 17.6 Å². The van der Waals surface area contributed by atoms with Crippen molar-refractivity contribution >= 4 is 11.7 Å². The maximum atomic E-state index is 12.6. The predicted molar refractivity (Wildman–Crippen MR) is 51.6 cm³/mol. The van der Waals surface area contributed by atoms with Crippen molar-refractivity contribution in [3.8, 4) is 5.75 Å². The van der Waals surface area contributed by atoms with Crippen molar-refractivity contribution < 1.29 is 32.7 Å². The summed E-state index contributed by atoms with van der Waals surface area (Å²) in [6.45, 7) is 0. The number of alkyl halides is 3. The first kappa shape index (κ1) is 13.7. The highest BCUT2D eigenvalue weighted by Crippen LogP contribution is 2.42. The van der Waals surface area contributed by atoms with Crippen LogP contribution in [0.2, 0.25) is 0 Å². The maximum Gasteiger partial charge on any atom is 0.420 e. The van der Waals surface area contributed by atoms with Crippen LogP contribution < -0.4 is 4.74 Å². The minimum Gasteiger partial charge on any atom is -0.490 e. The minimum atomic E-state index is -4.96. The zero-order valence-corrected chi connectivity index (χ0v) is 8.82. The molecule has 0 bridgehead atoms. The van der Waals surface area contributed by atoms with Crippen LogP contribution in [0.4, 0.5) is 18.9 Å². The summed E-state index contributed by atoms with van der Waals surface area (Å²) in [6, 6.07) is 0.796. The van der Waals surface area contributed by atoms with E-state index in [0.717, 1.165) is 7.11 Å². The molecule has 18 heavy (non-hydrogen) atoms. The number of nitro benzene ring substituents is 1. The Morgan fingerprint density at radius 3 is 2.33 bits per heavy atom. The van der Waals surface area contributed by atoms with Crippen molar-refractivity contribution in [3.05, 3.63) is 33.4 Å². The van der Waals surface area contributed by atoms with Crippen molar-refractivity contribution in [2.75, 3.05) is 7.11 Å². The third-order valence-electron chi connectivity index (χ3n) is 2.02. The Labute approximate surface area is 97.7 Å².